The quantitative estimate of drug-likeness (QED) is 0.808. The molecule has 2 rings (SSSR count). The second-order valence-corrected chi connectivity index (χ2v) is 3.85. The van der Waals surface area contributed by atoms with E-state index in [-0.39, 0.29) is 0 Å². The minimum atomic E-state index is 0.607. The van der Waals surface area contributed by atoms with Crippen LogP contribution in [-0.2, 0) is 0 Å². The lowest BCUT2D eigenvalue weighted by Gasteiger charge is -2.10. The molecular weight excluding hydrogens is 214 g/mol. The molecule has 0 N–H and O–H groups in total. The summed E-state index contributed by atoms with van der Waals surface area (Å²) in [5.41, 5.74) is 2.10. The molecule has 0 aliphatic heterocycles. The predicted octanol–water partition coefficient (Wildman–Crippen LogP) is 3.34. The van der Waals surface area contributed by atoms with Crippen molar-refractivity contribution < 1.29 is 9.47 Å². The van der Waals surface area contributed by atoms with E-state index in [0.29, 0.717) is 19.1 Å². The molecule has 17 heavy (non-hydrogen) atoms. The third kappa shape index (κ3) is 2.49. The van der Waals surface area contributed by atoms with Gasteiger partial charge in [0.15, 0.2) is 0 Å². The molecule has 3 heteroatoms. The molecule has 1 heterocycles. The molecule has 3 nitrogen and oxygen atoms in total. The number of aryl methyl sites for hydroxylation is 1. The molecule has 2 aromatic rings. The number of nitrogens with zero attached hydrogens (tertiary/aromatic N) is 1. The number of aromatic nitrogens is 1. The van der Waals surface area contributed by atoms with Crippen molar-refractivity contribution >= 4 is 10.9 Å². The van der Waals surface area contributed by atoms with Crippen molar-refractivity contribution in [2.45, 2.75) is 20.8 Å². The molecule has 0 unspecified atom stereocenters. The van der Waals surface area contributed by atoms with Gasteiger partial charge in [0.1, 0.15) is 5.75 Å². The van der Waals surface area contributed by atoms with E-state index in [1.54, 1.807) is 0 Å². The summed E-state index contributed by atoms with van der Waals surface area (Å²) in [4.78, 5) is 4.47. The molecule has 1 aromatic carbocycles. The molecule has 0 spiro atoms. The fourth-order valence-corrected chi connectivity index (χ4v) is 1.78. The van der Waals surface area contributed by atoms with Crippen LogP contribution >= 0.6 is 0 Å². The Labute approximate surface area is 101 Å². The van der Waals surface area contributed by atoms with Crippen molar-refractivity contribution in [3.05, 3.63) is 29.8 Å². The van der Waals surface area contributed by atoms with Gasteiger partial charge in [-0.25, -0.2) is 4.98 Å². The van der Waals surface area contributed by atoms with E-state index in [4.69, 9.17) is 9.47 Å². The molecule has 0 aliphatic rings. The lowest BCUT2D eigenvalue weighted by molar-refractivity contribution is 0.317. The van der Waals surface area contributed by atoms with E-state index in [1.807, 2.05) is 32.0 Å². The van der Waals surface area contributed by atoms with Crippen LogP contribution in [0.25, 0.3) is 10.9 Å². The largest absolute Gasteiger partial charge is 0.493 e. The molecule has 0 amide bonds. The third-order valence-electron chi connectivity index (χ3n) is 2.50. The maximum absolute atomic E-state index is 5.63. The first kappa shape index (κ1) is 11.7. The molecule has 0 bridgehead atoms. The first-order chi connectivity index (χ1) is 8.24. The van der Waals surface area contributed by atoms with Gasteiger partial charge in [-0.15, -0.1) is 0 Å². The molecule has 0 aliphatic carbocycles. The van der Waals surface area contributed by atoms with Gasteiger partial charge >= 0.3 is 0 Å². The van der Waals surface area contributed by atoms with Gasteiger partial charge in [0.25, 0.3) is 0 Å². The van der Waals surface area contributed by atoms with E-state index in [1.165, 1.54) is 5.56 Å². The van der Waals surface area contributed by atoms with E-state index in [9.17, 15) is 0 Å². The molecule has 0 radical (unpaired) electrons. The predicted molar refractivity (Wildman–Crippen MR) is 68.8 cm³/mol. The third-order valence-corrected chi connectivity index (χ3v) is 2.50. The monoisotopic (exact) mass is 231 g/mol. The standard InChI is InChI=1S/C14H17NO2/c1-4-16-13-9-14(17-5-2)15-12-8-10(3)6-7-11(12)13/h6-9H,4-5H2,1-3H3. The summed E-state index contributed by atoms with van der Waals surface area (Å²) in [6, 6.07) is 8.00. The van der Waals surface area contributed by atoms with Gasteiger partial charge in [-0.3, -0.25) is 0 Å². The Kier molecular flexibility index (Phi) is 3.47. The van der Waals surface area contributed by atoms with Crippen LogP contribution in [0.5, 0.6) is 11.6 Å². The molecule has 0 atom stereocenters. The summed E-state index contributed by atoms with van der Waals surface area (Å²) < 4.78 is 11.1. The van der Waals surface area contributed by atoms with Crippen LogP contribution in [0, 0.1) is 6.92 Å². The summed E-state index contributed by atoms with van der Waals surface area (Å²) >= 11 is 0. The highest BCUT2D eigenvalue weighted by Crippen LogP contribution is 2.29. The van der Waals surface area contributed by atoms with Crippen LogP contribution < -0.4 is 9.47 Å². The van der Waals surface area contributed by atoms with E-state index in [0.717, 1.165) is 16.7 Å². The van der Waals surface area contributed by atoms with Crippen LogP contribution in [0.1, 0.15) is 19.4 Å². The van der Waals surface area contributed by atoms with Gasteiger partial charge in [-0.2, -0.15) is 0 Å². The zero-order valence-electron chi connectivity index (χ0n) is 10.5. The fourth-order valence-electron chi connectivity index (χ4n) is 1.78. The highest BCUT2D eigenvalue weighted by atomic mass is 16.5. The second-order valence-electron chi connectivity index (χ2n) is 3.85. The number of fused-ring (bicyclic) bond motifs is 1. The molecule has 90 valence electrons. The van der Waals surface area contributed by atoms with Gasteiger partial charge in [-0.05, 0) is 38.5 Å². The minimum Gasteiger partial charge on any atom is -0.493 e. The van der Waals surface area contributed by atoms with Crippen LogP contribution in [0.3, 0.4) is 0 Å². The molecule has 0 saturated carbocycles. The molecular formula is C14H17NO2. The smallest absolute Gasteiger partial charge is 0.217 e. The van der Waals surface area contributed by atoms with Crippen LogP contribution in [-0.4, -0.2) is 18.2 Å². The summed E-state index contributed by atoms with van der Waals surface area (Å²) in [7, 11) is 0. The van der Waals surface area contributed by atoms with Crippen molar-refractivity contribution in [2.24, 2.45) is 0 Å². The van der Waals surface area contributed by atoms with Gasteiger partial charge in [0, 0.05) is 11.5 Å². The average molecular weight is 231 g/mol. The fraction of sp³-hybridized carbons (Fsp3) is 0.357. The lowest BCUT2D eigenvalue weighted by atomic mass is 10.1. The summed E-state index contributed by atoms with van der Waals surface area (Å²) in [6.07, 6.45) is 0. The van der Waals surface area contributed by atoms with Crippen LogP contribution in [0.2, 0.25) is 0 Å². The van der Waals surface area contributed by atoms with E-state index in [2.05, 4.69) is 18.0 Å². The number of rotatable bonds is 4. The van der Waals surface area contributed by atoms with Gasteiger partial charge in [0.2, 0.25) is 5.88 Å². The minimum absolute atomic E-state index is 0.607. The maximum atomic E-state index is 5.63. The second kappa shape index (κ2) is 5.04. The molecule has 1 aromatic heterocycles. The highest BCUT2D eigenvalue weighted by Gasteiger charge is 2.07. The van der Waals surface area contributed by atoms with Gasteiger partial charge in [-0.1, -0.05) is 6.07 Å². The maximum Gasteiger partial charge on any atom is 0.217 e. The topological polar surface area (TPSA) is 31.4 Å². The Morgan fingerprint density at radius 1 is 1.06 bits per heavy atom. The van der Waals surface area contributed by atoms with Crippen LogP contribution in [0.15, 0.2) is 24.3 Å². The van der Waals surface area contributed by atoms with Crippen molar-refractivity contribution in [1.82, 2.24) is 4.98 Å². The number of hydrogen-bond acceptors (Lipinski definition) is 3. The zero-order valence-corrected chi connectivity index (χ0v) is 10.5. The average Bonchev–Trinajstić information content (AvgIpc) is 2.29. The van der Waals surface area contributed by atoms with Crippen LogP contribution in [0.4, 0.5) is 0 Å². The van der Waals surface area contributed by atoms with E-state index < -0.39 is 0 Å². The van der Waals surface area contributed by atoms with Crippen molar-refractivity contribution in [2.75, 3.05) is 13.2 Å². The summed E-state index contributed by atoms with van der Waals surface area (Å²) in [5.74, 6) is 1.45. The Hall–Kier alpha value is -1.77. The Bertz CT molecular complexity index is 523. The number of ether oxygens (including phenoxy) is 2. The van der Waals surface area contributed by atoms with E-state index >= 15 is 0 Å². The number of hydrogen-bond donors (Lipinski definition) is 0. The lowest BCUT2D eigenvalue weighted by Crippen LogP contribution is -1.98. The Morgan fingerprint density at radius 2 is 1.82 bits per heavy atom. The first-order valence-corrected chi connectivity index (χ1v) is 5.91. The molecule has 0 saturated heterocycles. The highest BCUT2D eigenvalue weighted by molar-refractivity contribution is 5.86. The SMILES string of the molecule is CCOc1cc(OCC)c2ccc(C)cc2n1. The van der Waals surface area contributed by atoms with Crippen molar-refractivity contribution in [1.29, 1.82) is 0 Å². The van der Waals surface area contributed by atoms with Crippen molar-refractivity contribution in [3.63, 3.8) is 0 Å². The van der Waals surface area contributed by atoms with Crippen molar-refractivity contribution in [3.8, 4) is 11.6 Å². The zero-order chi connectivity index (χ0) is 12.3. The number of pyridine rings is 1. The normalized spacial score (nSPS) is 10.5. The Balaban J connectivity index is 2.58. The van der Waals surface area contributed by atoms with Gasteiger partial charge in [0.05, 0.1) is 18.7 Å². The molecule has 0 fully saturated rings. The summed E-state index contributed by atoms with van der Waals surface area (Å²) in [5, 5.41) is 1.03. The summed E-state index contributed by atoms with van der Waals surface area (Å²) in [6.45, 7) is 7.21. The Morgan fingerprint density at radius 3 is 2.53 bits per heavy atom. The first-order valence-electron chi connectivity index (χ1n) is 5.91. The van der Waals surface area contributed by atoms with Gasteiger partial charge < -0.3 is 9.47 Å². The number of benzene rings is 1.